The van der Waals surface area contributed by atoms with Crippen molar-refractivity contribution in [1.82, 2.24) is 0 Å². The van der Waals surface area contributed by atoms with Crippen LogP contribution in [-0.4, -0.2) is 32.6 Å². The fourth-order valence-corrected chi connectivity index (χ4v) is 2.63. The van der Waals surface area contributed by atoms with E-state index in [2.05, 4.69) is 0 Å². The second-order valence-corrected chi connectivity index (χ2v) is 5.20. The molecular weight excluding hydrogens is 283 g/mol. The van der Waals surface area contributed by atoms with Gasteiger partial charge in [-0.05, 0) is 24.6 Å². The molecular formula is C14H18F3N3O. The van der Waals surface area contributed by atoms with Gasteiger partial charge in [-0.2, -0.15) is 13.2 Å². The van der Waals surface area contributed by atoms with Gasteiger partial charge in [0.15, 0.2) is 0 Å². The molecule has 1 unspecified atom stereocenters. The van der Waals surface area contributed by atoms with E-state index < -0.39 is 11.7 Å². The molecule has 0 aliphatic carbocycles. The Balaban J connectivity index is 2.30. The number of methoxy groups -OCH3 is 1. The van der Waals surface area contributed by atoms with Gasteiger partial charge in [-0.3, -0.25) is 5.41 Å². The molecule has 4 nitrogen and oxygen atoms in total. The van der Waals surface area contributed by atoms with Crippen LogP contribution in [0, 0.1) is 11.3 Å². The lowest BCUT2D eigenvalue weighted by atomic mass is 10.1. The van der Waals surface area contributed by atoms with Gasteiger partial charge < -0.3 is 15.4 Å². The Kier molecular flexibility index (Phi) is 4.41. The number of alkyl halides is 3. The summed E-state index contributed by atoms with van der Waals surface area (Å²) in [6, 6.07) is 3.38. The summed E-state index contributed by atoms with van der Waals surface area (Å²) in [4.78, 5) is 1.96. The number of hydrogen-bond acceptors (Lipinski definition) is 3. The maximum atomic E-state index is 12.8. The second kappa shape index (κ2) is 5.93. The molecule has 7 heteroatoms. The number of ether oxygens (including phenoxy) is 1. The summed E-state index contributed by atoms with van der Waals surface area (Å²) in [7, 11) is 1.63. The lowest BCUT2D eigenvalue weighted by Crippen LogP contribution is -2.25. The molecule has 1 atom stereocenters. The minimum atomic E-state index is -4.44. The number of nitrogens with two attached hydrogens (primary N) is 1. The zero-order chi connectivity index (χ0) is 15.6. The fourth-order valence-electron chi connectivity index (χ4n) is 2.63. The zero-order valence-corrected chi connectivity index (χ0v) is 11.7. The molecule has 3 N–H and O–H groups in total. The second-order valence-electron chi connectivity index (χ2n) is 5.20. The van der Waals surface area contributed by atoms with Crippen molar-refractivity contribution in [3.8, 4) is 0 Å². The summed E-state index contributed by atoms with van der Waals surface area (Å²) in [5, 5.41) is 7.53. The van der Waals surface area contributed by atoms with Crippen LogP contribution >= 0.6 is 0 Å². The minimum absolute atomic E-state index is 0.128. The van der Waals surface area contributed by atoms with Crippen LogP contribution in [-0.2, 0) is 10.9 Å². The van der Waals surface area contributed by atoms with Crippen LogP contribution < -0.4 is 10.6 Å². The average molecular weight is 301 g/mol. The topological polar surface area (TPSA) is 62.3 Å². The van der Waals surface area contributed by atoms with Crippen molar-refractivity contribution in [3.05, 3.63) is 29.3 Å². The number of hydrogen-bond donors (Lipinski definition) is 2. The first-order chi connectivity index (χ1) is 9.82. The number of nitrogen functional groups attached to an aromatic ring is 1. The molecule has 0 bridgehead atoms. The van der Waals surface area contributed by atoms with Gasteiger partial charge in [0.1, 0.15) is 5.84 Å². The van der Waals surface area contributed by atoms with E-state index in [1.54, 1.807) is 7.11 Å². The van der Waals surface area contributed by atoms with Gasteiger partial charge in [-0.25, -0.2) is 0 Å². The van der Waals surface area contributed by atoms with Crippen LogP contribution in [0.4, 0.5) is 18.9 Å². The molecule has 0 amide bonds. The Morgan fingerprint density at radius 2 is 2.19 bits per heavy atom. The highest BCUT2D eigenvalue weighted by molar-refractivity contribution is 6.00. The number of halogens is 3. The van der Waals surface area contributed by atoms with Crippen LogP contribution in [0.3, 0.4) is 0 Å². The predicted molar refractivity (Wildman–Crippen MR) is 74.7 cm³/mol. The van der Waals surface area contributed by atoms with Gasteiger partial charge in [-0.15, -0.1) is 0 Å². The molecule has 1 aliphatic rings. The van der Waals surface area contributed by atoms with Crippen molar-refractivity contribution in [3.63, 3.8) is 0 Å². The first kappa shape index (κ1) is 15.6. The zero-order valence-electron chi connectivity index (χ0n) is 11.7. The van der Waals surface area contributed by atoms with Crippen LogP contribution in [0.15, 0.2) is 18.2 Å². The molecule has 1 aromatic rings. The molecule has 1 fully saturated rings. The minimum Gasteiger partial charge on any atom is -0.384 e. The largest absolute Gasteiger partial charge is 0.416 e. The molecule has 1 aromatic carbocycles. The molecule has 0 radical (unpaired) electrons. The highest BCUT2D eigenvalue weighted by Gasteiger charge is 2.32. The van der Waals surface area contributed by atoms with E-state index in [1.807, 2.05) is 4.90 Å². The van der Waals surface area contributed by atoms with E-state index in [9.17, 15) is 13.2 Å². The fraction of sp³-hybridized carbons (Fsp3) is 0.500. The van der Waals surface area contributed by atoms with Gasteiger partial charge >= 0.3 is 6.18 Å². The Bertz CT molecular complexity index is 531. The highest BCUT2D eigenvalue weighted by atomic mass is 19.4. The van der Waals surface area contributed by atoms with E-state index in [4.69, 9.17) is 15.9 Å². The molecule has 0 spiro atoms. The maximum Gasteiger partial charge on any atom is 0.416 e. The van der Waals surface area contributed by atoms with Crippen molar-refractivity contribution >= 4 is 11.5 Å². The van der Waals surface area contributed by atoms with Crippen molar-refractivity contribution < 1.29 is 17.9 Å². The average Bonchev–Trinajstić information content (AvgIpc) is 2.86. The number of nitrogens with zero attached hydrogens (tertiary/aromatic N) is 1. The van der Waals surface area contributed by atoms with E-state index in [0.29, 0.717) is 24.8 Å². The molecule has 116 valence electrons. The third-order valence-electron chi connectivity index (χ3n) is 3.64. The summed E-state index contributed by atoms with van der Waals surface area (Å²) in [5.41, 5.74) is 5.37. The van der Waals surface area contributed by atoms with Crippen molar-refractivity contribution in [2.75, 3.05) is 31.7 Å². The molecule has 1 aliphatic heterocycles. The molecule has 1 saturated heterocycles. The summed E-state index contributed by atoms with van der Waals surface area (Å²) in [6.07, 6.45) is -3.53. The molecule has 1 heterocycles. The van der Waals surface area contributed by atoms with E-state index in [0.717, 1.165) is 25.1 Å². The summed E-state index contributed by atoms with van der Waals surface area (Å²) in [6.45, 7) is 2.03. The molecule has 0 aromatic heterocycles. The Morgan fingerprint density at radius 1 is 1.48 bits per heavy atom. The van der Waals surface area contributed by atoms with E-state index in [-0.39, 0.29) is 11.4 Å². The molecule has 0 saturated carbocycles. The smallest absolute Gasteiger partial charge is 0.384 e. The summed E-state index contributed by atoms with van der Waals surface area (Å²) >= 11 is 0. The summed E-state index contributed by atoms with van der Waals surface area (Å²) in [5.74, 6) is -0.0107. The first-order valence-electron chi connectivity index (χ1n) is 6.62. The van der Waals surface area contributed by atoms with E-state index >= 15 is 0 Å². The standard InChI is InChI=1S/C14H18F3N3O/c1-21-8-9-4-5-20(7-9)12-3-2-10(14(15,16)17)6-11(12)13(18)19/h2-3,6,9H,4-5,7-8H2,1H3,(H3,18,19). The Hall–Kier alpha value is -1.76. The number of amidine groups is 1. The Labute approximate surface area is 121 Å². The lowest BCUT2D eigenvalue weighted by molar-refractivity contribution is -0.137. The van der Waals surface area contributed by atoms with Gasteiger partial charge in [-0.1, -0.05) is 0 Å². The molecule has 2 rings (SSSR count). The van der Waals surface area contributed by atoms with Gasteiger partial charge in [0, 0.05) is 37.4 Å². The SMILES string of the molecule is COCC1CCN(c2ccc(C(F)(F)F)cc2C(=N)N)C1. The van der Waals surface area contributed by atoms with Gasteiger partial charge in [0.25, 0.3) is 0 Å². The van der Waals surface area contributed by atoms with Crippen molar-refractivity contribution in [1.29, 1.82) is 5.41 Å². The highest BCUT2D eigenvalue weighted by Crippen LogP contribution is 2.34. The maximum absolute atomic E-state index is 12.8. The van der Waals surface area contributed by atoms with Crippen LogP contribution in [0.5, 0.6) is 0 Å². The van der Waals surface area contributed by atoms with Crippen molar-refractivity contribution in [2.24, 2.45) is 11.7 Å². The first-order valence-corrected chi connectivity index (χ1v) is 6.62. The number of anilines is 1. The quantitative estimate of drug-likeness (QED) is 0.663. The molecule has 21 heavy (non-hydrogen) atoms. The number of nitrogens with one attached hydrogen (secondary N) is 1. The number of benzene rings is 1. The van der Waals surface area contributed by atoms with Gasteiger partial charge in [0.05, 0.1) is 12.2 Å². The normalized spacial score (nSPS) is 19.0. The third kappa shape index (κ3) is 3.47. The summed E-state index contributed by atoms with van der Waals surface area (Å²) < 4.78 is 43.4. The monoisotopic (exact) mass is 301 g/mol. The predicted octanol–water partition coefficient (Wildman–Crippen LogP) is 2.46. The van der Waals surface area contributed by atoms with Gasteiger partial charge in [0.2, 0.25) is 0 Å². The Morgan fingerprint density at radius 3 is 2.76 bits per heavy atom. The van der Waals surface area contributed by atoms with Crippen LogP contribution in [0.1, 0.15) is 17.5 Å². The van der Waals surface area contributed by atoms with Crippen LogP contribution in [0.25, 0.3) is 0 Å². The lowest BCUT2D eigenvalue weighted by Gasteiger charge is -2.22. The van der Waals surface area contributed by atoms with Crippen molar-refractivity contribution in [2.45, 2.75) is 12.6 Å². The van der Waals surface area contributed by atoms with E-state index in [1.165, 1.54) is 6.07 Å². The van der Waals surface area contributed by atoms with Crippen LogP contribution in [0.2, 0.25) is 0 Å². The third-order valence-corrected chi connectivity index (χ3v) is 3.64. The number of rotatable bonds is 4.